The fraction of sp³-hybridized carbons (Fsp3) is 0.417. The van der Waals surface area contributed by atoms with E-state index >= 15 is 0 Å². The number of aryl methyl sites for hydroxylation is 1. The summed E-state index contributed by atoms with van der Waals surface area (Å²) in [6.45, 7) is 1.01. The highest BCUT2D eigenvalue weighted by Gasteiger charge is 2.41. The SMILES string of the molecule is CN(C)CCCC1(O)c2ccccc2CCCC1c1ccccc1.O=C(O)C(=O)O. The van der Waals surface area contributed by atoms with Crippen LogP contribution in [0.2, 0.25) is 0 Å². The molecule has 6 nitrogen and oxygen atoms in total. The zero-order chi connectivity index (χ0) is 22.1. The Morgan fingerprint density at radius 1 is 1.00 bits per heavy atom. The van der Waals surface area contributed by atoms with Crippen molar-refractivity contribution in [3.8, 4) is 0 Å². The average molecular weight is 414 g/mol. The van der Waals surface area contributed by atoms with Crippen molar-refractivity contribution in [3.63, 3.8) is 0 Å². The van der Waals surface area contributed by atoms with Crippen molar-refractivity contribution in [2.75, 3.05) is 20.6 Å². The number of carbonyl (C=O) groups is 2. The van der Waals surface area contributed by atoms with E-state index in [0.29, 0.717) is 0 Å². The lowest BCUT2D eigenvalue weighted by Crippen LogP contribution is -2.34. The van der Waals surface area contributed by atoms with Crippen LogP contribution in [-0.4, -0.2) is 52.8 Å². The molecule has 0 aliphatic heterocycles. The van der Waals surface area contributed by atoms with E-state index in [1.807, 2.05) is 0 Å². The number of rotatable bonds is 5. The largest absolute Gasteiger partial charge is 0.473 e. The molecule has 0 heterocycles. The molecule has 3 rings (SSSR count). The van der Waals surface area contributed by atoms with Gasteiger partial charge in [0.05, 0.1) is 5.60 Å². The smallest absolute Gasteiger partial charge is 0.414 e. The molecule has 0 bridgehead atoms. The van der Waals surface area contributed by atoms with Crippen LogP contribution in [0.4, 0.5) is 0 Å². The number of aliphatic hydroxyl groups is 1. The maximum Gasteiger partial charge on any atom is 0.414 e. The molecule has 0 radical (unpaired) electrons. The Kier molecular flexibility index (Phi) is 8.57. The summed E-state index contributed by atoms with van der Waals surface area (Å²) >= 11 is 0. The summed E-state index contributed by atoms with van der Waals surface area (Å²) in [6, 6.07) is 19.1. The third-order valence-electron chi connectivity index (χ3n) is 5.55. The lowest BCUT2D eigenvalue weighted by molar-refractivity contribution is -0.159. The average Bonchev–Trinajstić information content (AvgIpc) is 2.86. The molecule has 2 atom stereocenters. The van der Waals surface area contributed by atoms with E-state index in [1.165, 1.54) is 11.1 Å². The second kappa shape index (κ2) is 10.9. The van der Waals surface area contributed by atoms with Crippen LogP contribution in [0.25, 0.3) is 0 Å². The number of hydrogen-bond acceptors (Lipinski definition) is 4. The van der Waals surface area contributed by atoms with Gasteiger partial charge in [0.25, 0.3) is 0 Å². The van der Waals surface area contributed by atoms with Crippen molar-refractivity contribution in [1.29, 1.82) is 0 Å². The van der Waals surface area contributed by atoms with E-state index in [4.69, 9.17) is 19.8 Å². The summed E-state index contributed by atoms with van der Waals surface area (Å²) in [7, 11) is 4.19. The molecule has 3 N–H and O–H groups in total. The van der Waals surface area contributed by atoms with E-state index in [2.05, 4.69) is 73.6 Å². The number of aliphatic carboxylic acids is 2. The van der Waals surface area contributed by atoms with Crippen molar-refractivity contribution in [2.45, 2.75) is 43.6 Å². The van der Waals surface area contributed by atoms with Gasteiger partial charge in [-0.25, -0.2) is 9.59 Å². The summed E-state index contributed by atoms with van der Waals surface area (Å²) in [5, 5.41) is 26.7. The molecule has 1 aliphatic rings. The summed E-state index contributed by atoms with van der Waals surface area (Å²) in [5.41, 5.74) is 2.96. The highest BCUT2D eigenvalue weighted by atomic mass is 16.4. The first-order chi connectivity index (χ1) is 14.3. The lowest BCUT2D eigenvalue weighted by Gasteiger charge is -2.37. The molecule has 0 spiro atoms. The molecule has 30 heavy (non-hydrogen) atoms. The van der Waals surface area contributed by atoms with Crippen LogP contribution >= 0.6 is 0 Å². The Balaban J connectivity index is 0.000000469. The zero-order valence-corrected chi connectivity index (χ0v) is 17.6. The summed E-state index contributed by atoms with van der Waals surface area (Å²) in [5.74, 6) is -3.48. The highest BCUT2D eigenvalue weighted by molar-refractivity contribution is 6.27. The van der Waals surface area contributed by atoms with Crippen LogP contribution < -0.4 is 0 Å². The number of benzene rings is 2. The summed E-state index contributed by atoms with van der Waals surface area (Å²) in [6.07, 6.45) is 5.04. The molecule has 0 fully saturated rings. The molecule has 0 amide bonds. The van der Waals surface area contributed by atoms with Gasteiger partial charge in [0.1, 0.15) is 0 Å². The normalized spacial score (nSPS) is 20.5. The Labute approximate surface area is 177 Å². The van der Waals surface area contributed by atoms with Crippen LogP contribution in [0, 0.1) is 0 Å². The van der Waals surface area contributed by atoms with Crippen LogP contribution in [0.1, 0.15) is 48.3 Å². The molecule has 162 valence electrons. The van der Waals surface area contributed by atoms with Crippen molar-refractivity contribution in [3.05, 3.63) is 71.3 Å². The predicted octanol–water partition coefficient (Wildman–Crippen LogP) is 3.49. The summed E-state index contributed by atoms with van der Waals surface area (Å²) in [4.78, 5) is 20.4. The van der Waals surface area contributed by atoms with Gasteiger partial charge in [-0.3, -0.25) is 0 Å². The molecule has 0 saturated heterocycles. The lowest BCUT2D eigenvalue weighted by atomic mass is 9.73. The minimum atomic E-state index is -1.82. The number of carboxylic acid groups (broad SMARTS) is 2. The minimum Gasteiger partial charge on any atom is -0.473 e. The van der Waals surface area contributed by atoms with E-state index in [0.717, 1.165) is 44.2 Å². The topological polar surface area (TPSA) is 98.1 Å². The first kappa shape index (κ1) is 23.6. The van der Waals surface area contributed by atoms with Gasteiger partial charge in [-0.2, -0.15) is 0 Å². The first-order valence-corrected chi connectivity index (χ1v) is 10.2. The van der Waals surface area contributed by atoms with Crippen molar-refractivity contribution >= 4 is 11.9 Å². The highest BCUT2D eigenvalue weighted by Crippen LogP contribution is 2.47. The Hall–Kier alpha value is -2.70. The molecular weight excluding hydrogens is 382 g/mol. The zero-order valence-electron chi connectivity index (χ0n) is 17.6. The number of fused-ring (bicyclic) bond motifs is 1. The van der Waals surface area contributed by atoms with E-state index in [9.17, 15) is 5.11 Å². The van der Waals surface area contributed by atoms with Gasteiger partial charge >= 0.3 is 11.9 Å². The Morgan fingerprint density at radius 3 is 2.20 bits per heavy atom. The number of nitrogens with zero attached hydrogens (tertiary/aromatic N) is 1. The summed E-state index contributed by atoms with van der Waals surface area (Å²) < 4.78 is 0. The fourth-order valence-corrected chi connectivity index (χ4v) is 4.19. The first-order valence-electron chi connectivity index (χ1n) is 10.2. The fourth-order valence-electron chi connectivity index (χ4n) is 4.19. The molecule has 0 aromatic heterocycles. The molecule has 0 saturated carbocycles. The molecule has 2 aromatic carbocycles. The number of hydrogen-bond donors (Lipinski definition) is 3. The van der Waals surface area contributed by atoms with Crippen molar-refractivity contribution in [2.24, 2.45) is 0 Å². The predicted molar refractivity (Wildman–Crippen MR) is 116 cm³/mol. The Bertz CT molecular complexity index is 824. The van der Waals surface area contributed by atoms with Crippen molar-refractivity contribution in [1.82, 2.24) is 4.90 Å². The van der Waals surface area contributed by atoms with Gasteiger partial charge in [0.15, 0.2) is 0 Å². The monoisotopic (exact) mass is 413 g/mol. The van der Waals surface area contributed by atoms with Gasteiger partial charge < -0.3 is 20.2 Å². The third kappa shape index (κ3) is 6.15. The van der Waals surface area contributed by atoms with Crippen molar-refractivity contribution < 1.29 is 24.9 Å². The second-order valence-corrected chi connectivity index (χ2v) is 7.95. The minimum absolute atomic E-state index is 0.171. The van der Waals surface area contributed by atoms with Gasteiger partial charge in [0, 0.05) is 5.92 Å². The van der Waals surface area contributed by atoms with Crippen LogP contribution in [0.5, 0.6) is 0 Å². The quantitative estimate of drug-likeness (QED) is 0.513. The molecule has 1 aliphatic carbocycles. The van der Waals surface area contributed by atoms with E-state index in [1.54, 1.807) is 0 Å². The van der Waals surface area contributed by atoms with Gasteiger partial charge in [0.2, 0.25) is 0 Å². The van der Waals surface area contributed by atoms with Gasteiger partial charge in [-0.15, -0.1) is 0 Å². The molecule has 6 heteroatoms. The molecular formula is C24H31NO5. The maximum absolute atomic E-state index is 11.9. The maximum atomic E-state index is 11.9. The van der Waals surface area contributed by atoms with Crippen LogP contribution in [0.15, 0.2) is 54.6 Å². The van der Waals surface area contributed by atoms with Gasteiger partial charge in [-0.1, -0.05) is 54.6 Å². The van der Waals surface area contributed by atoms with E-state index < -0.39 is 17.5 Å². The Morgan fingerprint density at radius 2 is 1.60 bits per heavy atom. The third-order valence-corrected chi connectivity index (χ3v) is 5.55. The second-order valence-electron chi connectivity index (χ2n) is 7.95. The van der Waals surface area contributed by atoms with Crippen LogP contribution in [0.3, 0.4) is 0 Å². The number of carboxylic acids is 2. The van der Waals surface area contributed by atoms with Crippen LogP contribution in [-0.2, 0) is 21.6 Å². The van der Waals surface area contributed by atoms with E-state index in [-0.39, 0.29) is 5.92 Å². The molecule has 2 aromatic rings. The molecule has 2 unspecified atom stereocenters. The standard InChI is InChI=1S/C22H29NO.C2H2O4/c1-23(2)17-9-16-22(24)20-14-7-6-12-19(20)13-8-15-21(22)18-10-4-3-5-11-18;3-1(4)2(5)6/h3-7,10-12,14,21,24H,8-9,13,15-17H2,1-2H3;(H,3,4)(H,5,6). The van der Waals surface area contributed by atoms with Gasteiger partial charge in [-0.05, 0) is 69.4 Å².